The molecule has 7 heteroatoms. The Balaban J connectivity index is 1.88. The lowest BCUT2D eigenvalue weighted by Crippen LogP contribution is -2.50. The third-order valence-corrected chi connectivity index (χ3v) is 4.78. The molecule has 0 aromatic heterocycles. The average Bonchev–Trinajstić information content (AvgIpc) is 2.61. The molecule has 0 radical (unpaired) electrons. The van der Waals surface area contributed by atoms with Crippen molar-refractivity contribution in [2.45, 2.75) is 32.8 Å². The molecule has 2 rings (SSSR count). The molecule has 154 valence electrons. The van der Waals surface area contributed by atoms with Crippen LogP contribution < -0.4 is 0 Å². The Morgan fingerprint density at radius 1 is 1.21 bits per heavy atom. The molecule has 1 amide bonds. The van der Waals surface area contributed by atoms with Crippen LogP contribution in [0.15, 0.2) is 30.3 Å². The van der Waals surface area contributed by atoms with Crippen LogP contribution in [0.3, 0.4) is 0 Å². The van der Waals surface area contributed by atoms with Gasteiger partial charge < -0.3 is 14.7 Å². The first-order valence-corrected chi connectivity index (χ1v) is 9.54. The van der Waals surface area contributed by atoms with Crippen LogP contribution in [0.5, 0.6) is 0 Å². The molecule has 1 aliphatic rings. The predicted octanol–water partition coefficient (Wildman–Crippen LogP) is 1.92. The van der Waals surface area contributed by atoms with E-state index in [4.69, 9.17) is 9.84 Å². The highest BCUT2D eigenvalue weighted by molar-refractivity contribution is 5.96. The Labute approximate surface area is 166 Å². The molecule has 0 spiro atoms. The molecule has 1 aromatic rings. The van der Waals surface area contributed by atoms with Gasteiger partial charge in [0.25, 0.3) is 0 Å². The summed E-state index contributed by atoms with van der Waals surface area (Å²) in [4.78, 5) is 39.5. The number of hydrogen-bond acceptors (Lipinski definition) is 5. The van der Waals surface area contributed by atoms with E-state index in [-0.39, 0.29) is 30.8 Å². The van der Waals surface area contributed by atoms with E-state index in [9.17, 15) is 14.4 Å². The van der Waals surface area contributed by atoms with Crippen LogP contribution in [-0.2, 0) is 14.3 Å². The molecule has 1 aliphatic heterocycles. The Kier molecular flexibility index (Phi) is 7.71. The quantitative estimate of drug-likeness (QED) is 0.648. The number of Topliss-reactive ketones (excluding diaryl/α,β-unsaturated/α-hetero) is 1. The second kappa shape index (κ2) is 9.80. The summed E-state index contributed by atoms with van der Waals surface area (Å²) in [5, 5.41) is 8.86. The van der Waals surface area contributed by atoms with Crippen LogP contribution in [-0.4, -0.2) is 78.5 Å². The number of aliphatic carboxylic acids is 1. The van der Waals surface area contributed by atoms with E-state index in [1.807, 2.05) is 32.0 Å². The summed E-state index contributed by atoms with van der Waals surface area (Å²) in [7, 11) is 1.72. The number of carbonyl (C=O) groups excluding carboxylic acids is 2. The number of morpholine rings is 1. The number of amides is 1. The first-order valence-electron chi connectivity index (χ1n) is 9.54. The zero-order valence-corrected chi connectivity index (χ0v) is 16.9. The molecule has 7 nitrogen and oxygen atoms in total. The Hall–Kier alpha value is -2.25. The van der Waals surface area contributed by atoms with Crippen LogP contribution in [0, 0.1) is 5.41 Å². The van der Waals surface area contributed by atoms with Crippen LogP contribution in [0.4, 0.5) is 0 Å². The van der Waals surface area contributed by atoms with Crippen molar-refractivity contribution in [1.29, 1.82) is 0 Å². The number of carbonyl (C=O) groups is 3. The standard InChI is InChI=1S/C21H30N2O5/c1-21(2,11-18(24)16-7-5-4-6-8-16)12-19(25)23-9-10-28-17(14-23)13-22(3)15-20(26)27/h4-8,17H,9-15H2,1-3H3,(H,26,27). The fourth-order valence-corrected chi connectivity index (χ4v) is 3.44. The largest absolute Gasteiger partial charge is 0.480 e. The summed E-state index contributed by atoms with van der Waals surface area (Å²) in [5.41, 5.74) is 0.216. The number of nitrogens with zero attached hydrogens (tertiary/aromatic N) is 2. The Morgan fingerprint density at radius 3 is 2.54 bits per heavy atom. The fourth-order valence-electron chi connectivity index (χ4n) is 3.44. The van der Waals surface area contributed by atoms with Gasteiger partial charge in [0.2, 0.25) is 5.91 Å². The molecule has 0 saturated carbocycles. The molecular formula is C21H30N2O5. The molecule has 0 bridgehead atoms. The van der Waals surface area contributed by atoms with Crippen molar-refractivity contribution in [2.75, 3.05) is 39.8 Å². The molecule has 1 saturated heterocycles. The minimum atomic E-state index is -0.893. The van der Waals surface area contributed by atoms with E-state index >= 15 is 0 Å². The number of ether oxygens (including phenoxy) is 1. The summed E-state index contributed by atoms with van der Waals surface area (Å²) in [6.45, 7) is 5.63. The van der Waals surface area contributed by atoms with Crippen molar-refractivity contribution in [3.05, 3.63) is 35.9 Å². The molecule has 1 heterocycles. The maximum Gasteiger partial charge on any atom is 0.317 e. The van der Waals surface area contributed by atoms with Crippen molar-refractivity contribution in [3.8, 4) is 0 Å². The monoisotopic (exact) mass is 390 g/mol. The second-order valence-corrected chi connectivity index (χ2v) is 8.23. The van der Waals surface area contributed by atoms with Crippen LogP contribution in [0.2, 0.25) is 0 Å². The van der Waals surface area contributed by atoms with Crippen LogP contribution in [0.25, 0.3) is 0 Å². The number of hydrogen-bond donors (Lipinski definition) is 1. The highest BCUT2D eigenvalue weighted by Crippen LogP contribution is 2.28. The maximum atomic E-state index is 12.8. The number of benzene rings is 1. The topological polar surface area (TPSA) is 87.2 Å². The molecule has 1 atom stereocenters. The van der Waals surface area contributed by atoms with Gasteiger partial charge in [-0.15, -0.1) is 0 Å². The molecular weight excluding hydrogens is 360 g/mol. The van der Waals surface area contributed by atoms with Gasteiger partial charge in [-0.3, -0.25) is 19.3 Å². The average molecular weight is 390 g/mol. The summed E-state index contributed by atoms with van der Waals surface area (Å²) in [5.74, 6) is -0.857. The molecule has 0 aliphatic carbocycles. The van der Waals surface area contributed by atoms with Gasteiger partial charge in [0.1, 0.15) is 0 Å². The van der Waals surface area contributed by atoms with Gasteiger partial charge in [-0.2, -0.15) is 0 Å². The third kappa shape index (κ3) is 7.05. The highest BCUT2D eigenvalue weighted by atomic mass is 16.5. The van der Waals surface area contributed by atoms with Crippen molar-refractivity contribution in [3.63, 3.8) is 0 Å². The van der Waals surface area contributed by atoms with Crippen LogP contribution in [0.1, 0.15) is 37.0 Å². The van der Waals surface area contributed by atoms with Gasteiger partial charge in [0, 0.05) is 38.0 Å². The lowest BCUT2D eigenvalue weighted by molar-refractivity contribution is -0.143. The number of carboxylic acids is 1. The summed E-state index contributed by atoms with van der Waals surface area (Å²) >= 11 is 0. The lowest BCUT2D eigenvalue weighted by Gasteiger charge is -2.36. The third-order valence-electron chi connectivity index (χ3n) is 4.78. The molecule has 28 heavy (non-hydrogen) atoms. The van der Waals surface area contributed by atoms with E-state index in [2.05, 4.69) is 0 Å². The first-order chi connectivity index (χ1) is 13.2. The Morgan fingerprint density at radius 2 is 1.89 bits per heavy atom. The molecule has 1 aromatic carbocycles. The molecule has 1 unspecified atom stereocenters. The first kappa shape index (κ1) is 22.0. The van der Waals surface area contributed by atoms with Gasteiger partial charge in [0.15, 0.2) is 5.78 Å². The van der Waals surface area contributed by atoms with E-state index in [0.29, 0.717) is 38.2 Å². The maximum absolute atomic E-state index is 12.8. The summed E-state index contributed by atoms with van der Waals surface area (Å²) < 4.78 is 5.68. The minimum Gasteiger partial charge on any atom is -0.480 e. The molecule has 1 N–H and O–H groups in total. The number of carboxylic acid groups (broad SMARTS) is 1. The molecule has 1 fully saturated rings. The zero-order valence-electron chi connectivity index (χ0n) is 16.9. The van der Waals surface area contributed by atoms with Crippen LogP contribution >= 0.6 is 0 Å². The van der Waals surface area contributed by atoms with E-state index in [0.717, 1.165) is 0 Å². The SMILES string of the molecule is CN(CC(=O)O)CC1CN(C(=O)CC(C)(C)CC(=O)c2ccccc2)CCO1. The Bertz CT molecular complexity index is 689. The summed E-state index contributed by atoms with van der Waals surface area (Å²) in [6, 6.07) is 9.12. The van der Waals surface area contributed by atoms with E-state index in [1.165, 1.54) is 0 Å². The lowest BCUT2D eigenvalue weighted by atomic mass is 9.82. The number of rotatable bonds is 9. The smallest absolute Gasteiger partial charge is 0.317 e. The minimum absolute atomic E-state index is 0.0000457. The van der Waals surface area contributed by atoms with Gasteiger partial charge >= 0.3 is 5.97 Å². The second-order valence-electron chi connectivity index (χ2n) is 8.23. The normalized spacial score (nSPS) is 17.6. The van der Waals surface area contributed by atoms with E-state index in [1.54, 1.807) is 29.0 Å². The van der Waals surface area contributed by atoms with Gasteiger partial charge in [-0.1, -0.05) is 44.2 Å². The predicted molar refractivity (Wildman–Crippen MR) is 105 cm³/mol. The van der Waals surface area contributed by atoms with Gasteiger partial charge in [0.05, 0.1) is 19.3 Å². The summed E-state index contributed by atoms with van der Waals surface area (Å²) in [6.07, 6.45) is 0.373. The van der Waals surface area contributed by atoms with Crippen molar-refractivity contribution >= 4 is 17.7 Å². The van der Waals surface area contributed by atoms with Gasteiger partial charge in [-0.05, 0) is 12.5 Å². The number of likely N-dealkylation sites (N-methyl/N-ethyl adjacent to an activating group) is 1. The van der Waals surface area contributed by atoms with Gasteiger partial charge in [-0.25, -0.2) is 0 Å². The van der Waals surface area contributed by atoms with Crippen molar-refractivity contribution in [1.82, 2.24) is 9.80 Å². The van der Waals surface area contributed by atoms with E-state index < -0.39 is 11.4 Å². The zero-order chi connectivity index (χ0) is 20.7. The van der Waals surface area contributed by atoms with Crippen molar-refractivity contribution in [2.24, 2.45) is 5.41 Å². The number of ketones is 1. The fraction of sp³-hybridized carbons (Fsp3) is 0.571. The van der Waals surface area contributed by atoms with Crippen molar-refractivity contribution < 1.29 is 24.2 Å². The highest BCUT2D eigenvalue weighted by Gasteiger charge is 2.31.